The van der Waals surface area contributed by atoms with E-state index in [-0.39, 0.29) is 53.5 Å². The second-order valence-electron chi connectivity index (χ2n) is 24.1. The first-order valence-electron chi connectivity index (χ1n) is 29.7. The zero-order valence-electron chi connectivity index (χ0n) is 54.9. The summed E-state index contributed by atoms with van der Waals surface area (Å²) in [6, 6.07) is 52.0. The maximum atomic E-state index is 12.0. The molecule has 6 aromatic carbocycles. The first kappa shape index (κ1) is 76.0. The number of esters is 5. The number of ether oxygens (including phenoxy) is 5. The van der Waals surface area contributed by atoms with Crippen LogP contribution in [0.1, 0.15) is 201 Å². The molecule has 86 heavy (non-hydrogen) atoms. The van der Waals surface area contributed by atoms with Crippen molar-refractivity contribution in [2.45, 2.75) is 185 Å². The van der Waals surface area contributed by atoms with Gasteiger partial charge in [0.25, 0.3) is 0 Å². The lowest BCUT2D eigenvalue weighted by molar-refractivity contribution is -0.161. The molecule has 0 aromatic heterocycles. The van der Waals surface area contributed by atoms with Gasteiger partial charge in [-0.05, 0) is 175 Å². The van der Waals surface area contributed by atoms with E-state index >= 15 is 0 Å². The van der Waals surface area contributed by atoms with Crippen LogP contribution in [0.15, 0.2) is 176 Å². The molecule has 0 radical (unpaired) electrons. The van der Waals surface area contributed by atoms with Gasteiger partial charge in [0.2, 0.25) is 0 Å². The second kappa shape index (κ2) is 38.8. The van der Waals surface area contributed by atoms with Crippen LogP contribution in [0.4, 0.5) is 0 Å². The molecule has 0 saturated carbocycles. The van der Waals surface area contributed by atoms with Crippen LogP contribution in [-0.4, -0.2) is 51.8 Å². The van der Waals surface area contributed by atoms with Gasteiger partial charge < -0.3 is 28.8 Å². The molecule has 1 N–H and O–H groups in total. The monoisotopic (exact) mass is 1180 g/mol. The van der Waals surface area contributed by atoms with Crippen LogP contribution in [0.25, 0.3) is 12.2 Å². The molecule has 6 rings (SSSR count). The number of hydrogen-bond acceptors (Lipinski definition) is 11. The lowest BCUT2D eigenvalue weighted by Gasteiger charge is -2.25. The van der Waals surface area contributed by atoms with Gasteiger partial charge in [0.1, 0.15) is 34.1 Å². The first-order valence-corrected chi connectivity index (χ1v) is 29.7. The summed E-state index contributed by atoms with van der Waals surface area (Å²) >= 11 is 0. The van der Waals surface area contributed by atoms with Crippen molar-refractivity contribution in [3.63, 3.8) is 0 Å². The molecule has 0 bridgehead atoms. The third kappa shape index (κ3) is 34.0. The number of rotatable bonds is 15. The average Bonchev–Trinajstić information content (AvgIpc) is 3.37. The number of hydrogen-bond donors (Lipinski definition) is 1. The fourth-order valence-electron chi connectivity index (χ4n) is 7.49. The van der Waals surface area contributed by atoms with Crippen LogP contribution >= 0.6 is 0 Å². The molecule has 6 aromatic rings. The van der Waals surface area contributed by atoms with Crippen LogP contribution in [0.5, 0.6) is 17.2 Å². The Morgan fingerprint density at radius 1 is 0.442 bits per heavy atom. The van der Waals surface area contributed by atoms with Crippen molar-refractivity contribution >= 4 is 42.0 Å². The third-order valence-electron chi connectivity index (χ3n) is 13.1. The van der Waals surface area contributed by atoms with Crippen LogP contribution in [-0.2, 0) is 38.2 Å². The van der Waals surface area contributed by atoms with Crippen molar-refractivity contribution in [3.05, 3.63) is 210 Å². The standard InChI is InChI=1S/2C15H22O2.C13H16O2.C12H16O2.C10H10O2.C10H14O/c2*1-11(13-9-7-6-8-10-13)12(2)14(16)17-15(3,4)5;1-13(2,3)15-12(14)10-9-11-7-5-4-6-8-11;1-4-9(2)11-5-7-12(8-6-11)14-10(3)13;1-3-9-4-6-10(7-5-9)12-8(2)11;1-3-8(2)9-4-6-10(11)7-5-9/h2*6-12H,1-5H3;4-10H,1-3H3;5-9H,4H2,1-3H3;3-7H,1H2,2H3;4-8,11H,3H2,1-2H3/b;;10-9+;;;. The van der Waals surface area contributed by atoms with Crippen molar-refractivity contribution in [3.8, 4) is 17.2 Å². The average molecular weight is 1180 g/mol. The van der Waals surface area contributed by atoms with Crippen molar-refractivity contribution in [1.29, 1.82) is 0 Å². The second-order valence-corrected chi connectivity index (χ2v) is 24.1. The molecule has 0 aliphatic heterocycles. The quantitative estimate of drug-likeness (QED) is 0.0453. The fourth-order valence-corrected chi connectivity index (χ4v) is 7.49. The zero-order valence-corrected chi connectivity index (χ0v) is 54.9. The van der Waals surface area contributed by atoms with Gasteiger partial charge in [-0.1, -0.05) is 195 Å². The third-order valence-corrected chi connectivity index (χ3v) is 13.1. The molecule has 0 fully saturated rings. The van der Waals surface area contributed by atoms with E-state index in [0.717, 1.165) is 24.0 Å². The van der Waals surface area contributed by atoms with Crippen molar-refractivity contribution in [1.82, 2.24) is 0 Å². The molecule has 11 nitrogen and oxygen atoms in total. The molecular weight excluding hydrogens is 1080 g/mol. The van der Waals surface area contributed by atoms with Gasteiger partial charge in [-0.3, -0.25) is 19.2 Å². The van der Waals surface area contributed by atoms with Gasteiger partial charge in [0, 0.05) is 19.9 Å². The molecule has 0 saturated heterocycles. The highest BCUT2D eigenvalue weighted by Gasteiger charge is 2.28. The summed E-state index contributed by atoms with van der Waals surface area (Å²) in [6.07, 6.45) is 7.18. The Labute approximate surface area is 516 Å². The molecule has 0 heterocycles. The van der Waals surface area contributed by atoms with Crippen molar-refractivity contribution in [2.24, 2.45) is 11.8 Å². The highest BCUT2D eigenvalue weighted by Crippen LogP contribution is 2.28. The Bertz CT molecular complexity index is 2830. The largest absolute Gasteiger partial charge is 0.508 e. The predicted octanol–water partition coefficient (Wildman–Crippen LogP) is 18.9. The summed E-state index contributed by atoms with van der Waals surface area (Å²) in [5.74, 6) is 1.61. The van der Waals surface area contributed by atoms with Gasteiger partial charge in [-0.25, -0.2) is 4.79 Å². The molecule has 6 atom stereocenters. The van der Waals surface area contributed by atoms with Gasteiger partial charge in [-0.15, -0.1) is 0 Å². The smallest absolute Gasteiger partial charge is 0.331 e. The van der Waals surface area contributed by atoms with Crippen LogP contribution < -0.4 is 9.47 Å². The summed E-state index contributed by atoms with van der Waals surface area (Å²) in [4.78, 5) is 56.4. The Kier molecular flexibility index (Phi) is 34.3. The van der Waals surface area contributed by atoms with E-state index in [1.807, 2.05) is 216 Å². The van der Waals surface area contributed by atoms with E-state index in [9.17, 15) is 24.0 Å². The minimum absolute atomic E-state index is 0.128. The van der Waals surface area contributed by atoms with E-state index in [4.69, 9.17) is 28.8 Å². The Morgan fingerprint density at radius 2 is 0.767 bits per heavy atom. The number of aromatic hydroxyl groups is 1. The van der Waals surface area contributed by atoms with E-state index in [1.165, 1.54) is 42.2 Å². The van der Waals surface area contributed by atoms with E-state index in [0.29, 0.717) is 29.1 Å². The normalized spacial score (nSPS) is 12.9. The highest BCUT2D eigenvalue weighted by molar-refractivity contribution is 5.87. The number of phenolic OH excluding ortho intramolecular Hbond substituents is 1. The van der Waals surface area contributed by atoms with E-state index in [2.05, 4.69) is 48.1 Å². The topological polar surface area (TPSA) is 152 Å². The van der Waals surface area contributed by atoms with Crippen LogP contribution in [0, 0.1) is 11.8 Å². The summed E-state index contributed by atoms with van der Waals surface area (Å²) in [7, 11) is 0. The van der Waals surface area contributed by atoms with Gasteiger partial charge in [-0.2, -0.15) is 0 Å². The predicted molar refractivity (Wildman–Crippen MR) is 352 cm³/mol. The van der Waals surface area contributed by atoms with E-state index < -0.39 is 16.8 Å². The van der Waals surface area contributed by atoms with Crippen LogP contribution in [0.3, 0.4) is 0 Å². The maximum absolute atomic E-state index is 12.0. The molecule has 0 aliphatic rings. The minimum Gasteiger partial charge on any atom is -0.508 e. The van der Waals surface area contributed by atoms with Gasteiger partial charge >= 0.3 is 29.8 Å². The molecule has 11 heteroatoms. The van der Waals surface area contributed by atoms with E-state index in [1.54, 1.807) is 36.4 Å². The highest BCUT2D eigenvalue weighted by atomic mass is 16.6. The molecule has 6 unspecified atom stereocenters. The fraction of sp³-hybridized carbons (Fsp3) is 0.400. The lowest BCUT2D eigenvalue weighted by Crippen LogP contribution is -2.29. The summed E-state index contributed by atoms with van der Waals surface area (Å²) in [5, 5.41) is 9.01. The number of carbonyl (C=O) groups is 5. The SMILES string of the molecule is C=Cc1ccc(OC(C)=O)cc1.CC(C(=O)OC(C)(C)C)C(C)c1ccccc1.CC(C(=O)OC(C)(C)C)C(C)c1ccccc1.CC(C)(C)OC(=O)/C=C/c1ccccc1.CCC(C)c1ccc(O)cc1.CCC(C)c1ccc(OC(C)=O)cc1. The molecule has 466 valence electrons. The summed E-state index contributed by atoms with van der Waals surface area (Å²) in [5.41, 5.74) is 5.65. The maximum Gasteiger partial charge on any atom is 0.331 e. The molecule has 0 spiro atoms. The van der Waals surface area contributed by atoms with Crippen molar-refractivity contribution < 1.29 is 52.8 Å². The lowest BCUT2D eigenvalue weighted by atomic mass is 9.89. The van der Waals surface area contributed by atoms with Gasteiger partial charge in [0.05, 0.1) is 11.8 Å². The Hall–Kier alpha value is -8.05. The molecule has 0 aliphatic carbocycles. The summed E-state index contributed by atoms with van der Waals surface area (Å²) in [6.45, 7) is 40.0. The Morgan fingerprint density at radius 3 is 1.08 bits per heavy atom. The number of benzene rings is 6. The van der Waals surface area contributed by atoms with Crippen molar-refractivity contribution in [2.75, 3.05) is 0 Å². The summed E-state index contributed by atoms with van der Waals surface area (Å²) < 4.78 is 25.7. The number of phenols is 1. The minimum atomic E-state index is -0.432. The first-order chi connectivity index (χ1) is 40.2. The number of carbonyl (C=O) groups excluding carboxylic acids is 5. The Balaban J connectivity index is 0.000000519. The van der Waals surface area contributed by atoms with Crippen LogP contribution in [0.2, 0.25) is 0 Å². The zero-order chi connectivity index (χ0) is 65.2. The molecule has 0 amide bonds. The molecular formula is C75H100O11. The van der Waals surface area contributed by atoms with Gasteiger partial charge in [0.15, 0.2) is 0 Å².